The average Bonchev–Trinajstić information content (AvgIpc) is 2.88. The van der Waals surface area contributed by atoms with E-state index in [1.165, 1.54) is 6.26 Å². The molecule has 0 aliphatic carbocycles. The Hall–Kier alpha value is -1.88. The van der Waals surface area contributed by atoms with Crippen molar-refractivity contribution in [1.29, 1.82) is 0 Å². The number of amides is 1. The monoisotopic (exact) mass is 290 g/mol. The van der Waals surface area contributed by atoms with Crippen LogP contribution in [-0.2, 0) is 0 Å². The van der Waals surface area contributed by atoms with Gasteiger partial charge >= 0.3 is 0 Å². The summed E-state index contributed by atoms with van der Waals surface area (Å²) in [5.74, 6) is -0.216. The molecule has 4 nitrogen and oxygen atoms in total. The van der Waals surface area contributed by atoms with Crippen LogP contribution in [0.5, 0.6) is 0 Å². The Morgan fingerprint density at radius 1 is 1.35 bits per heavy atom. The number of carbonyl (C=O) groups is 1. The summed E-state index contributed by atoms with van der Waals surface area (Å²) in [5, 5.41) is 3.74. The van der Waals surface area contributed by atoms with Gasteiger partial charge in [0.25, 0.3) is 5.91 Å². The maximum absolute atomic E-state index is 12.5. The second-order valence-corrected chi connectivity index (χ2v) is 5.19. The third-order valence-electron chi connectivity index (χ3n) is 3.76. The van der Waals surface area contributed by atoms with Crippen molar-refractivity contribution < 1.29 is 9.21 Å². The molecule has 0 saturated heterocycles. The van der Waals surface area contributed by atoms with Gasteiger partial charge in [0, 0.05) is 5.39 Å². The van der Waals surface area contributed by atoms with Crippen LogP contribution in [0.1, 0.15) is 37.0 Å². The molecule has 5 heteroatoms. The van der Waals surface area contributed by atoms with Gasteiger partial charge in [0.2, 0.25) is 0 Å². The van der Waals surface area contributed by atoms with Gasteiger partial charge in [-0.25, -0.2) is 0 Å². The number of rotatable bonds is 5. The minimum Gasteiger partial charge on any atom is -0.463 e. The second kappa shape index (κ2) is 5.63. The Morgan fingerprint density at radius 2 is 2.00 bits per heavy atom. The molecule has 2 aromatic rings. The minimum atomic E-state index is -0.648. The Labute approximate surface area is 123 Å². The molecule has 1 aromatic heterocycles. The first-order chi connectivity index (χ1) is 9.54. The van der Waals surface area contributed by atoms with Crippen molar-refractivity contribution in [3.63, 3.8) is 0 Å². The molecule has 0 aliphatic rings. The molecule has 0 saturated carbocycles. The molecule has 1 amide bonds. The van der Waals surface area contributed by atoms with Crippen molar-refractivity contribution in [3.8, 4) is 0 Å². The van der Waals surface area contributed by atoms with Crippen LogP contribution in [0, 0.1) is 0 Å². The molecule has 20 heavy (non-hydrogen) atoms. The van der Waals surface area contributed by atoms with Gasteiger partial charge in [0.1, 0.15) is 11.8 Å². The van der Waals surface area contributed by atoms with Crippen LogP contribution >= 0.6 is 12.2 Å². The fourth-order valence-electron chi connectivity index (χ4n) is 2.28. The quantitative estimate of drug-likeness (QED) is 0.831. The molecular formula is C15H18N2O2S. The maximum Gasteiger partial charge on any atom is 0.255 e. The van der Waals surface area contributed by atoms with Crippen molar-refractivity contribution >= 4 is 34.1 Å². The van der Waals surface area contributed by atoms with Crippen LogP contribution in [0.15, 0.2) is 34.9 Å². The lowest BCUT2D eigenvalue weighted by atomic mass is 9.92. The molecule has 0 bridgehead atoms. The van der Waals surface area contributed by atoms with E-state index in [0.29, 0.717) is 29.0 Å². The first-order valence-corrected chi connectivity index (χ1v) is 7.03. The summed E-state index contributed by atoms with van der Waals surface area (Å²) < 4.78 is 5.39. The highest BCUT2D eigenvalue weighted by atomic mass is 32.1. The van der Waals surface area contributed by atoms with E-state index in [4.69, 9.17) is 22.4 Å². The Morgan fingerprint density at radius 3 is 2.60 bits per heavy atom. The number of para-hydroxylation sites is 1. The van der Waals surface area contributed by atoms with Crippen molar-refractivity contribution in [2.24, 2.45) is 5.73 Å². The van der Waals surface area contributed by atoms with Gasteiger partial charge in [-0.2, -0.15) is 0 Å². The van der Waals surface area contributed by atoms with E-state index in [0.717, 1.165) is 5.39 Å². The number of thiocarbonyl (C=S) groups is 1. The summed E-state index contributed by atoms with van der Waals surface area (Å²) in [7, 11) is 0. The topological polar surface area (TPSA) is 68.3 Å². The highest BCUT2D eigenvalue weighted by molar-refractivity contribution is 7.80. The molecule has 0 atom stereocenters. The minimum absolute atomic E-state index is 0.216. The summed E-state index contributed by atoms with van der Waals surface area (Å²) in [6.07, 6.45) is 2.77. The number of fused-ring (bicyclic) bond motifs is 1. The standard InChI is InChI=1S/C15H18N2O2S/c1-3-15(4-2,14(16)20)17-13(18)11-9-19-12-8-6-5-7-10(11)12/h5-9H,3-4H2,1-2H3,(H2,16,20)(H,17,18). The lowest BCUT2D eigenvalue weighted by molar-refractivity contribution is 0.0920. The van der Waals surface area contributed by atoms with E-state index < -0.39 is 5.54 Å². The lowest BCUT2D eigenvalue weighted by Gasteiger charge is -2.31. The van der Waals surface area contributed by atoms with Gasteiger partial charge in [-0.3, -0.25) is 4.79 Å². The van der Waals surface area contributed by atoms with Crippen LogP contribution in [0.3, 0.4) is 0 Å². The van der Waals surface area contributed by atoms with Gasteiger partial charge in [-0.15, -0.1) is 0 Å². The SMILES string of the molecule is CCC(CC)(NC(=O)c1coc2ccccc12)C(N)=S. The van der Waals surface area contributed by atoms with Crippen LogP contribution < -0.4 is 11.1 Å². The predicted octanol–water partition coefficient (Wildman–Crippen LogP) is 3.01. The summed E-state index contributed by atoms with van der Waals surface area (Å²) >= 11 is 5.11. The van der Waals surface area contributed by atoms with Gasteiger partial charge < -0.3 is 15.5 Å². The van der Waals surface area contributed by atoms with E-state index in [9.17, 15) is 4.79 Å². The number of hydrogen-bond donors (Lipinski definition) is 2. The largest absolute Gasteiger partial charge is 0.463 e. The van der Waals surface area contributed by atoms with Crippen LogP contribution in [0.2, 0.25) is 0 Å². The van der Waals surface area contributed by atoms with Gasteiger partial charge in [-0.05, 0) is 18.9 Å². The first kappa shape index (κ1) is 14.5. The Kier molecular flexibility index (Phi) is 4.09. The summed E-state index contributed by atoms with van der Waals surface area (Å²) in [4.78, 5) is 12.8. The molecule has 3 N–H and O–H groups in total. The molecule has 1 aromatic carbocycles. The van der Waals surface area contributed by atoms with Crippen LogP contribution in [-0.4, -0.2) is 16.4 Å². The van der Waals surface area contributed by atoms with Crippen molar-refractivity contribution in [3.05, 3.63) is 36.1 Å². The number of hydrogen-bond acceptors (Lipinski definition) is 3. The molecule has 0 spiro atoms. The first-order valence-electron chi connectivity index (χ1n) is 6.62. The molecule has 2 rings (SSSR count). The van der Waals surface area contributed by atoms with Gasteiger partial charge in [0.05, 0.1) is 16.1 Å². The highest BCUT2D eigenvalue weighted by Crippen LogP contribution is 2.23. The third kappa shape index (κ3) is 2.41. The van der Waals surface area contributed by atoms with Crippen LogP contribution in [0.4, 0.5) is 0 Å². The maximum atomic E-state index is 12.5. The summed E-state index contributed by atoms with van der Waals surface area (Å²) in [5.41, 5.74) is 6.34. The molecule has 0 aliphatic heterocycles. The molecule has 1 heterocycles. The highest BCUT2D eigenvalue weighted by Gasteiger charge is 2.32. The zero-order valence-corrected chi connectivity index (χ0v) is 12.4. The average molecular weight is 290 g/mol. The van der Waals surface area contributed by atoms with Gasteiger partial charge in [0.15, 0.2) is 0 Å². The number of nitrogens with one attached hydrogen (secondary N) is 1. The number of carbonyl (C=O) groups excluding carboxylic acids is 1. The van der Waals surface area contributed by atoms with E-state index in [1.807, 2.05) is 38.1 Å². The summed E-state index contributed by atoms with van der Waals surface area (Å²) in [6.45, 7) is 3.91. The third-order valence-corrected chi connectivity index (χ3v) is 4.15. The van der Waals surface area contributed by atoms with Crippen LogP contribution in [0.25, 0.3) is 11.0 Å². The van der Waals surface area contributed by atoms with Crippen molar-refractivity contribution in [2.45, 2.75) is 32.2 Å². The molecule has 106 valence electrons. The van der Waals surface area contributed by atoms with E-state index in [2.05, 4.69) is 5.32 Å². The summed E-state index contributed by atoms with van der Waals surface area (Å²) in [6, 6.07) is 7.42. The number of benzene rings is 1. The second-order valence-electron chi connectivity index (χ2n) is 4.75. The van der Waals surface area contributed by atoms with E-state index in [-0.39, 0.29) is 5.91 Å². The zero-order valence-electron chi connectivity index (χ0n) is 11.6. The van der Waals surface area contributed by atoms with Gasteiger partial charge in [-0.1, -0.05) is 44.3 Å². The van der Waals surface area contributed by atoms with Crippen molar-refractivity contribution in [1.82, 2.24) is 5.32 Å². The van der Waals surface area contributed by atoms with E-state index in [1.54, 1.807) is 0 Å². The zero-order chi connectivity index (χ0) is 14.8. The lowest BCUT2D eigenvalue weighted by Crippen LogP contribution is -2.55. The number of nitrogens with two attached hydrogens (primary N) is 1. The Balaban J connectivity index is 2.34. The molecule has 0 unspecified atom stereocenters. The predicted molar refractivity (Wildman–Crippen MR) is 83.8 cm³/mol. The smallest absolute Gasteiger partial charge is 0.255 e. The molecule has 0 radical (unpaired) electrons. The molecular weight excluding hydrogens is 272 g/mol. The normalized spacial score (nSPS) is 11.5. The fourth-order valence-corrected chi connectivity index (χ4v) is 2.61. The molecule has 0 fully saturated rings. The Bertz CT molecular complexity index is 644. The number of furan rings is 1. The fraction of sp³-hybridized carbons (Fsp3) is 0.333. The van der Waals surface area contributed by atoms with E-state index >= 15 is 0 Å². The van der Waals surface area contributed by atoms with Crippen molar-refractivity contribution in [2.75, 3.05) is 0 Å².